The van der Waals surface area contributed by atoms with Gasteiger partial charge in [-0.15, -0.1) is 0 Å². The first-order valence-electron chi connectivity index (χ1n) is 10.8. The van der Waals surface area contributed by atoms with Crippen LogP contribution in [0.15, 0.2) is 53.9 Å². The normalized spacial score (nSPS) is 15.9. The number of piperazine rings is 1. The van der Waals surface area contributed by atoms with Crippen molar-refractivity contribution in [1.29, 1.82) is 0 Å². The first-order valence-corrected chi connectivity index (χ1v) is 12.3. The molecular formula is C24H31N3O3S. The molecule has 1 aliphatic rings. The maximum atomic E-state index is 12.7. The summed E-state index contributed by atoms with van der Waals surface area (Å²) in [6.07, 6.45) is 3.33. The summed E-state index contributed by atoms with van der Waals surface area (Å²) in [5.41, 5.74) is 4.03. The van der Waals surface area contributed by atoms with Gasteiger partial charge in [-0.1, -0.05) is 62.4 Å². The van der Waals surface area contributed by atoms with Crippen LogP contribution in [0.3, 0.4) is 0 Å². The van der Waals surface area contributed by atoms with E-state index in [1.165, 1.54) is 9.71 Å². The highest BCUT2D eigenvalue weighted by Gasteiger charge is 2.26. The topological polar surface area (TPSA) is 69.7 Å². The van der Waals surface area contributed by atoms with Gasteiger partial charge in [-0.3, -0.25) is 9.69 Å². The van der Waals surface area contributed by atoms with Crippen molar-refractivity contribution in [2.45, 2.75) is 26.7 Å². The number of anilines is 1. The molecule has 1 fully saturated rings. The third-order valence-electron chi connectivity index (χ3n) is 5.55. The smallest absolute Gasteiger partial charge is 0.238 e. The number of hydrogen-bond donors (Lipinski definition) is 1. The average Bonchev–Trinajstić information content (AvgIpc) is 2.79. The van der Waals surface area contributed by atoms with E-state index >= 15 is 0 Å². The molecule has 1 amide bonds. The maximum Gasteiger partial charge on any atom is 0.238 e. The molecular weight excluding hydrogens is 410 g/mol. The first kappa shape index (κ1) is 23.2. The van der Waals surface area contributed by atoms with Crippen LogP contribution in [0.4, 0.5) is 5.69 Å². The summed E-state index contributed by atoms with van der Waals surface area (Å²) >= 11 is 0. The molecule has 7 heteroatoms. The Morgan fingerprint density at radius 2 is 1.55 bits per heavy atom. The SMILES string of the molecule is CCc1cccc(CC)c1NC(=O)CN1CCN(S(=O)(=O)/C=C/c2ccccc2)CC1. The lowest BCUT2D eigenvalue weighted by Gasteiger charge is -2.32. The van der Waals surface area contributed by atoms with Gasteiger partial charge >= 0.3 is 0 Å². The predicted octanol–water partition coefficient (Wildman–Crippen LogP) is 3.37. The van der Waals surface area contributed by atoms with Crippen LogP contribution in [-0.4, -0.2) is 56.3 Å². The summed E-state index contributed by atoms with van der Waals surface area (Å²) in [6, 6.07) is 15.5. The van der Waals surface area contributed by atoms with E-state index in [0.29, 0.717) is 26.2 Å². The lowest BCUT2D eigenvalue weighted by molar-refractivity contribution is -0.117. The summed E-state index contributed by atoms with van der Waals surface area (Å²) in [7, 11) is -3.47. The summed E-state index contributed by atoms with van der Waals surface area (Å²) in [6.45, 7) is 6.23. The van der Waals surface area contributed by atoms with Crippen LogP contribution >= 0.6 is 0 Å². The van der Waals surface area contributed by atoms with E-state index in [9.17, 15) is 13.2 Å². The molecule has 0 atom stereocenters. The number of aryl methyl sites for hydroxylation is 2. The van der Waals surface area contributed by atoms with E-state index in [1.807, 2.05) is 53.4 Å². The van der Waals surface area contributed by atoms with Crippen LogP contribution in [0, 0.1) is 0 Å². The Hall–Kier alpha value is -2.48. The first-order chi connectivity index (χ1) is 14.9. The molecule has 0 aromatic heterocycles. The van der Waals surface area contributed by atoms with Crippen LogP contribution in [0.1, 0.15) is 30.5 Å². The molecule has 2 aromatic rings. The van der Waals surface area contributed by atoms with E-state index in [0.717, 1.165) is 35.2 Å². The molecule has 166 valence electrons. The Morgan fingerprint density at radius 1 is 0.935 bits per heavy atom. The van der Waals surface area contributed by atoms with E-state index in [4.69, 9.17) is 0 Å². The highest BCUT2D eigenvalue weighted by Crippen LogP contribution is 2.22. The van der Waals surface area contributed by atoms with Crippen molar-refractivity contribution in [3.05, 3.63) is 70.6 Å². The van der Waals surface area contributed by atoms with Gasteiger partial charge in [0.2, 0.25) is 15.9 Å². The fourth-order valence-electron chi connectivity index (χ4n) is 3.74. The molecule has 31 heavy (non-hydrogen) atoms. The number of nitrogens with zero attached hydrogens (tertiary/aromatic N) is 2. The quantitative estimate of drug-likeness (QED) is 0.682. The zero-order valence-corrected chi connectivity index (χ0v) is 19.1. The monoisotopic (exact) mass is 441 g/mol. The number of benzene rings is 2. The second-order valence-corrected chi connectivity index (χ2v) is 9.46. The molecule has 6 nitrogen and oxygen atoms in total. The number of carbonyl (C=O) groups is 1. The zero-order valence-electron chi connectivity index (χ0n) is 18.3. The summed E-state index contributed by atoms with van der Waals surface area (Å²) in [5, 5.41) is 4.35. The Kier molecular flexibility index (Phi) is 8.01. The molecule has 1 heterocycles. The molecule has 2 aromatic carbocycles. The molecule has 1 aliphatic heterocycles. The van der Waals surface area contributed by atoms with E-state index < -0.39 is 10.0 Å². The second-order valence-electron chi connectivity index (χ2n) is 7.64. The molecule has 1 saturated heterocycles. The minimum absolute atomic E-state index is 0.0594. The maximum absolute atomic E-state index is 12.7. The summed E-state index contributed by atoms with van der Waals surface area (Å²) in [5.74, 6) is -0.0594. The molecule has 0 radical (unpaired) electrons. The van der Waals surface area contributed by atoms with Crippen molar-refractivity contribution in [2.24, 2.45) is 0 Å². The summed E-state index contributed by atoms with van der Waals surface area (Å²) < 4.78 is 26.7. The van der Waals surface area contributed by atoms with E-state index in [-0.39, 0.29) is 12.5 Å². The van der Waals surface area contributed by atoms with Crippen molar-refractivity contribution in [2.75, 3.05) is 38.0 Å². The van der Waals surface area contributed by atoms with Gasteiger partial charge < -0.3 is 5.32 Å². The number of amides is 1. The van der Waals surface area contributed by atoms with E-state index in [1.54, 1.807) is 6.08 Å². The molecule has 0 bridgehead atoms. The standard InChI is InChI=1S/C24H31N3O3S/c1-3-21-11-8-12-22(4-2)24(21)25-23(28)19-26-14-16-27(17-15-26)31(29,30)18-13-20-9-6-5-7-10-20/h5-13,18H,3-4,14-17,19H2,1-2H3,(H,25,28)/b18-13+. The number of hydrogen-bond acceptors (Lipinski definition) is 4. The van der Waals surface area contributed by atoms with Gasteiger partial charge in [0.15, 0.2) is 0 Å². The molecule has 0 spiro atoms. The fourth-order valence-corrected chi connectivity index (χ4v) is 4.92. The van der Waals surface area contributed by atoms with Crippen LogP contribution in [0.2, 0.25) is 0 Å². The molecule has 0 aliphatic carbocycles. The minimum Gasteiger partial charge on any atom is -0.324 e. The Labute approximate surface area is 185 Å². The van der Waals surface area contributed by atoms with Gasteiger partial charge in [-0.25, -0.2) is 8.42 Å². The van der Waals surface area contributed by atoms with Gasteiger partial charge in [-0.05, 0) is 35.6 Å². The second kappa shape index (κ2) is 10.7. The van der Waals surface area contributed by atoms with Gasteiger partial charge in [0, 0.05) is 37.3 Å². The van der Waals surface area contributed by atoms with Crippen LogP contribution in [0.25, 0.3) is 6.08 Å². The highest BCUT2D eigenvalue weighted by molar-refractivity contribution is 7.92. The van der Waals surface area contributed by atoms with Crippen molar-refractivity contribution in [3.8, 4) is 0 Å². The fraction of sp³-hybridized carbons (Fsp3) is 0.375. The van der Waals surface area contributed by atoms with Crippen LogP contribution in [0.5, 0.6) is 0 Å². The van der Waals surface area contributed by atoms with Crippen LogP contribution < -0.4 is 5.32 Å². The molecule has 0 saturated carbocycles. The van der Waals surface area contributed by atoms with E-state index in [2.05, 4.69) is 19.2 Å². The third kappa shape index (κ3) is 6.26. The predicted molar refractivity (Wildman–Crippen MR) is 126 cm³/mol. The van der Waals surface area contributed by atoms with Gasteiger partial charge in [-0.2, -0.15) is 4.31 Å². The number of nitrogens with one attached hydrogen (secondary N) is 1. The van der Waals surface area contributed by atoms with Crippen molar-refractivity contribution < 1.29 is 13.2 Å². The number of rotatable bonds is 8. The Morgan fingerprint density at radius 3 is 2.13 bits per heavy atom. The van der Waals surface area contributed by atoms with Crippen molar-refractivity contribution >= 4 is 27.7 Å². The molecule has 0 unspecified atom stereocenters. The number of carbonyl (C=O) groups excluding carboxylic acids is 1. The zero-order chi connectivity index (χ0) is 22.3. The summed E-state index contributed by atoms with van der Waals surface area (Å²) in [4.78, 5) is 14.7. The van der Waals surface area contributed by atoms with Gasteiger partial charge in [0.25, 0.3) is 0 Å². The number of para-hydroxylation sites is 1. The Bertz CT molecular complexity index is 989. The lowest BCUT2D eigenvalue weighted by Crippen LogP contribution is -2.50. The van der Waals surface area contributed by atoms with Crippen molar-refractivity contribution in [1.82, 2.24) is 9.21 Å². The van der Waals surface area contributed by atoms with Gasteiger partial charge in [0.1, 0.15) is 0 Å². The minimum atomic E-state index is -3.47. The molecule has 1 N–H and O–H groups in total. The average molecular weight is 442 g/mol. The largest absolute Gasteiger partial charge is 0.324 e. The van der Waals surface area contributed by atoms with Gasteiger partial charge in [0.05, 0.1) is 6.54 Å². The lowest BCUT2D eigenvalue weighted by atomic mass is 10.0. The third-order valence-corrected chi connectivity index (χ3v) is 7.12. The number of sulfonamides is 1. The van der Waals surface area contributed by atoms with Crippen LogP contribution in [-0.2, 0) is 27.7 Å². The van der Waals surface area contributed by atoms with Crippen molar-refractivity contribution in [3.63, 3.8) is 0 Å². The Balaban J connectivity index is 1.54. The highest BCUT2D eigenvalue weighted by atomic mass is 32.2. The molecule has 3 rings (SSSR count).